The zero-order chi connectivity index (χ0) is 8.39. The Hall–Kier alpha value is -1.19. The summed E-state index contributed by atoms with van der Waals surface area (Å²) in [5.74, 6) is 0.792. The average molecular weight is 164 g/mol. The Bertz CT molecular complexity index is 275. The summed E-state index contributed by atoms with van der Waals surface area (Å²) in [6.07, 6.45) is 6.75. The molecule has 1 atom stereocenters. The molecule has 1 fully saturated rings. The Balaban J connectivity index is 2.10. The summed E-state index contributed by atoms with van der Waals surface area (Å²) in [5, 5.41) is 11.8. The molecule has 4 heteroatoms. The lowest BCUT2D eigenvalue weighted by molar-refractivity contribution is 0.623. The molecule has 0 aliphatic heterocycles. The zero-order valence-corrected chi connectivity index (χ0v) is 7.14. The summed E-state index contributed by atoms with van der Waals surface area (Å²) < 4.78 is 1.67. The van der Waals surface area contributed by atoms with Gasteiger partial charge in [0.25, 0.3) is 0 Å². The Kier molecular flexibility index (Phi) is 1.89. The standard InChI is InChI=1S/C8H12N4/c1-7-2-3-8(4-7)11-12-5-9-10-6-12/h5-7H,2-4H2,1H3/b11-8+. The third kappa shape index (κ3) is 1.52. The smallest absolute Gasteiger partial charge is 0.141 e. The molecule has 12 heavy (non-hydrogen) atoms. The van der Waals surface area contributed by atoms with E-state index in [-0.39, 0.29) is 0 Å². The summed E-state index contributed by atoms with van der Waals surface area (Å²) in [7, 11) is 0. The third-order valence-corrected chi connectivity index (χ3v) is 2.17. The Morgan fingerprint density at radius 2 is 2.25 bits per heavy atom. The second-order valence-electron chi connectivity index (χ2n) is 3.36. The number of hydrogen-bond donors (Lipinski definition) is 0. The summed E-state index contributed by atoms with van der Waals surface area (Å²) in [5.41, 5.74) is 1.27. The second-order valence-corrected chi connectivity index (χ2v) is 3.36. The van der Waals surface area contributed by atoms with Crippen molar-refractivity contribution in [1.29, 1.82) is 0 Å². The van der Waals surface area contributed by atoms with Crippen molar-refractivity contribution in [3.05, 3.63) is 12.7 Å². The van der Waals surface area contributed by atoms with Crippen molar-refractivity contribution < 1.29 is 0 Å². The molecular weight excluding hydrogens is 152 g/mol. The highest BCUT2D eigenvalue weighted by Crippen LogP contribution is 2.21. The van der Waals surface area contributed by atoms with Crippen LogP contribution in [-0.2, 0) is 0 Å². The van der Waals surface area contributed by atoms with Crippen LogP contribution in [0.15, 0.2) is 17.8 Å². The molecule has 64 valence electrons. The van der Waals surface area contributed by atoms with Gasteiger partial charge in [-0.25, -0.2) is 4.68 Å². The van der Waals surface area contributed by atoms with Gasteiger partial charge in [-0.3, -0.25) is 0 Å². The van der Waals surface area contributed by atoms with E-state index >= 15 is 0 Å². The van der Waals surface area contributed by atoms with Crippen molar-refractivity contribution in [2.45, 2.75) is 26.2 Å². The summed E-state index contributed by atoms with van der Waals surface area (Å²) in [6.45, 7) is 2.26. The second kappa shape index (κ2) is 3.05. The van der Waals surface area contributed by atoms with Crippen LogP contribution in [0.5, 0.6) is 0 Å². The quantitative estimate of drug-likeness (QED) is 0.628. The van der Waals surface area contributed by atoms with E-state index in [9.17, 15) is 0 Å². The largest absolute Gasteiger partial charge is 0.208 e. The van der Waals surface area contributed by atoms with Gasteiger partial charge in [-0.1, -0.05) is 6.92 Å². The molecule has 0 spiro atoms. The topological polar surface area (TPSA) is 43.1 Å². The fourth-order valence-electron chi connectivity index (χ4n) is 1.52. The van der Waals surface area contributed by atoms with Crippen LogP contribution in [0.25, 0.3) is 0 Å². The first-order valence-corrected chi connectivity index (χ1v) is 4.26. The average Bonchev–Trinajstić information content (AvgIpc) is 2.63. The lowest BCUT2D eigenvalue weighted by Crippen LogP contribution is -1.95. The fourth-order valence-corrected chi connectivity index (χ4v) is 1.52. The first kappa shape index (κ1) is 7.46. The molecule has 0 amide bonds. The van der Waals surface area contributed by atoms with Crippen molar-refractivity contribution >= 4 is 5.71 Å². The van der Waals surface area contributed by atoms with E-state index in [2.05, 4.69) is 22.2 Å². The Morgan fingerprint density at radius 3 is 2.83 bits per heavy atom. The SMILES string of the molecule is CC1CC/C(=N\n2cnnc2)C1. The van der Waals surface area contributed by atoms with E-state index in [4.69, 9.17) is 0 Å². The first-order valence-electron chi connectivity index (χ1n) is 4.26. The fraction of sp³-hybridized carbons (Fsp3) is 0.625. The van der Waals surface area contributed by atoms with Crippen LogP contribution >= 0.6 is 0 Å². The molecule has 0 N–H and O–H groups in total. The molecule has 1 aliphatic carbocycles. The van der Waals surface area contributed by atoms with Gasteiger partial charge in [0.05, 0.1) is 0 Å². The highest BCUT2D eigenvalue weighted by Gasteiger charge is 2.16. The van der Waals surface area contributed by atoms with Crippen LogP contribution in [0.4, 0.5) is 0 Å². The lowest BCUT2D eigenvalue weighted by atomic mass is 10.1. The van der Waals surface area contributed by atoms with Gasteiger partial charge in [0, 0.05) is 5.71 Å². The van der Waals surface area contributed by atoms with Gasteiger partial charge in [0.2, 0.25) is 0 Å². The van der Waals surface area contributed by atoms with E-state index in [1.54, 1.807) is 17.3 Å². The van der Waals surface area contributed by atoms with E-state index in [0.29, 0.717) is 0 Å². The van der Waals surface area contributed by atoms with Crippen LogP contribution in [0.3, 0.4) is 0 Å². The van der Waals surface area contributed by atoms with Crippen LogP contribution in [0.1, 0.15) is 26.2 Å². The molecule has 0 bridgehead atoms. The number of nitrogens with zero attached hydrogens (tertiary/aromatic N) is 4. The minimum atomic E-state index is 0.792. The van der Waals surface area contributed by atoms with Crippen LogP contribution in [0, 0.1) is 5.92 Å². The van der Waals surface area contributed by atoms with E-state index in [1.807, 2.05) is 0 Å². The van der Waals surface area contributed by atoms with Gasteiger partial charge < -0.3 is 0 Å². The molecular formula is C8H12N4. The van der Waals surface area contributed by atoms with Gasteiger partial charge in [0.15, 0.2) is 0 Å². The number of hydrogen-bond acceptors (Lipinski definition) is 3. The van der Waals surface area contributed by atoms with E-state index < -0.39 is 0 Å². The van der Waals surface area contributed by atoms with Crippen LogP contribution in [0.2, 0.25) is 0 Å². The molecule has 0 aromatic carbocycles. The molecule has 1 heterocycles. The predicted octanol–water partition coefficient (Wildman–Crippen LogP) is 1.30. The molecule has 0 radical (unpaired) electrons. The first-order chi connectivity index (χ1) is 5.84. The number of rotatable bonds is 1. The molecule has 1 aromatic heterocycles. The molecule has 1 unspecified atom stereocenters. The van der Waals surface area contributed by atoms with Crippen molar-refractivity contribution in [3.8, 4) is 0 Å². The van der Waals surface area contributed by atoms with E-state index in [1.165, 1.54) is 12.1 Å². The highest BCUT2D eigenvalue weighted by molar-refractivity contribution is 5.86. The van der Waals surface area contributed by atoms with E-state index in [0.717, 1.165) is 18.8 Å². The summed E-state index contributed by atoms with van der Waals surface area (Å²) >= 11 is 0. The highest BCUT2D eigenvalue weighted by atomic mass is 15.4. The Morgan fingerprint density at radius 1 is 1.50 bits per heavy atom. The molecule has 1 aromatic rings. The van der Waals surface area contributed by atoms with Gasteiger partial charge in [-0.05, 0) is 25.2 Å². The minimum absolute atomic E-state index is 0.792. The van der Waals surface area contributed by atoms with Gasteiger partial charge >= 0.3 is 0 Å². The summed E-state index contributed by atoms with van der Waals surface area (Å²) in [6, 6.07) is 0. The maximum Gasteiger partial charge on any atom is 0.141 e. The van der Waals surface area contributed by atoms with Crippen molar-refractivity contribution in [1.82, 2.24) is 14.9 Å². The minimum Gasteiger partial charge on any atom is -0.208 e. The van der Waals surface area contributed by atoms with Gasteiger partial charge in [-0.15, -0.1) is 10.2 Å². The molecule has 4 nitrogen and oxygen atoms in total. The molecule has 2 rings (SSSR count). The van der Waals surface area contributed by atoms with Crippen LogP contribution in [-0.4, -0.2) is 20.6 Å². The lowest BCUT2D eigenvalue weighted by Gasteiger charge is -1.95. The van der Waals surface area contributed by atoms with Gasteiger partial charge in [-0.2, -0.15) is 5.10 Å². The van der Waals surface area contributed by atoms with Gasteiger partial charge in [0.1, 0.15) is 12.7 Å². The summed E-state index contributed by atoms with van der Waals surface area (Å²) in [4.78, 5) is 0. The van der Waals surface area contributed by atoms with Crippen LogP contribution < -0.4 is 0 Å². The molecule has 1 aliphatic rings. The predicted molar refractivity (Wildman–Crippen MR) is 45.9 cm³/mol. The maximum absolute atomic E-state index is 4.38. The van der Waals surface area contributed by atoms with Crippen molar-refractivity contribution in [2.24, 2.45) is 11.0 Å². The molecule has 1 saturated carbocycles. The maximum atomic E-state index is 4.38. The van der Waals surface area contributed by atoms with Crippen molar-refractivity contribution in [2.75, 3.05) is 0 Å². The normalized spacial score (nSPS) is 26.8. The van der Waals surface area contributed by atoms with Crippen molar-refractivity contribution in [3.63, 3.8) is 0 Å². The monoisotopic (exact) mass is 164 g/mol. The zero-order valence-electron chi connectivity index (χ0n) is 7.14. The molecule has 0 saturated heterocycles. The number of aromatic nitrogens is 3. The Labute approximate surface area is 71.3 Å². The third-order valence-electron chi connectivity index (χ3n) is 2.17.